The second-order valence-corrected chi connectivity index (χ2v) is 5.15. The van der Waals surface area contributed by atoms with Crippen LogP contribution in [0.3, 0.4) is 0 Å². The van der Waals surface area contributed by atoms with E-state index >= 15 is 0 Å². The molecule has 20 heavy (non-hydrogen) atoms. The molecule has 4 nitrogen and oxygen atoms in total. The van der Waals surface area contributed by atoms with Crippen LogP contribution in [0.4, 0.5) is 5.69 Å². The van der Waals surface area contributed by atoms with E-state index in [2.05, 4.69) is 26.2 Å². The van der Waals surface area contributed by atoms with Crippen molar-refractivity contribution in [1.82, 2.24) is 4.98 Å². The third-order valence-electron chi connectivity index (χ3n) is 2.79. The van der Waals surface area contributed by atoms with Gasteiger partial charge in [-0.2, -0.15) is 0 Å². The lowest BCUT2D eigenvalue weighted by Crippen LogP contribution is -2.03. The molecule has 0 saturated carbocycles. The lowest BCUT2D eigenvalue weighted by molar-refractivity contribution is 0.267. The molecule has 0 saturated heterocycles. The maximum Gasteiger partial charge on any atom is 0.124 e. The van der Waals surface area contributed by atoms with E-state index in [-0.39, 0.29) is 6.61 Å². The van der Waals surface area contributed by atoms with Gasteiger partial charge in [-0.15, -0.1) is 0 Å². The number of aliphatic hydroxyl groups is 1. The molecule has 0 aliphatic carbocycles. The highest BCUT2D eigenvalue weighted by atomic mass is 79.9. The molecule has 1 aromatic carbocycles. The van der Waals surface area contributed by atoms with Gasteiger partial charge in [0.05, 0.1) is 25.5 Å². The quantitative estimate of drug-likeness (QED) is 0.849. The molecule has 1 heterocycles. The van der Waals surface area contributed by atoms with Gasteiger partial charge in [0.2, 0.25) is 0 Å². The lowest BCUT2D eigenvalue weighted by Gasteiger charge is -2.12. The number of hydrogen-bond acceptors (Lipinski definition) is 4. The summed E-state index contributed by atoms with van der Waals surface area (Å²) in [7, 11) is 0. The molecule has 0 fully saturated rings. The number of anilines is 1. The van der Waals surface area contributed by atoms with Gasteiger partial charge < -0.3 is 15.2 Å². The largest absolute Gasteiger partial charge is 0.494 e. The van der Waals surface area contributed by atoms with Crippen LogP contribution < -0.4 is 10.1 Å². The molecule has 0 radical (unpaired) electrons. The Labute approximate surface area is 126 Å². The summed E-state index contributed by atoms with van der Waals surface area (Å²) in [6.07, 6.45) is 1.77. The van der Waals surface area contributed by atoms with Crippen LogP contribution in [0.25, 0.3) is 0 Å². The molecule has 0 aliphatic rings. The molecule has 0 aliphatic heterocycles. The molecule has 0 spiro atoms. The Morgan fingerprint density at radius 1 is 1.30 bits per heavy atom. The molecule has 5 heteroatoms. The van der Waals surface area contributed by atoms with E-state index in [0.29, 0.717) is 13.2 Å². The van der Waals surface area contributed by atoms with Gasteiger partial charge in [-0.05, 0) is 53.2 Å². The van der Waals surface area contributed by atoms with Crippen molar-refractivity contribution in [2.45, 2.75) is 20.1 Å². The first-order valence-electron chi connectivity index (χ1n) is 6.43. The number of benzene rings is 1. The molecule has 106 valence electrons. The SMILES string of the molecule is CCOc1ccc(NCc2ccc(Br)cn2)cc1CO. The molecule has 0 atom stereocenters. The summed E-state index contributed by atoms with van der Waals surface area (Å²) in [4.78, 5) is 4.30. The topological polar surface area (TPSA) is 54.4 Å². The van der Waals surface area contributed by atoms with Gasteiger partial charge in [0.25, 0.3) is 0 Å². The minimum Gasteiger partial charge on any atom is -0.494 e. The zero-order valence-corrected chi connectivity index (χ0v) is 12.9. The highest BCUT2D eigenvalue weighted by Gasteiger charge is 2.04. The van der Waals surface area contributed by atoms with Crippen molar-refractivity contribution in [2.24, 2.45) is 0 Å². The van der Waals surface area contributed by atoms with Gasteiger partial charge in [0.1, 0.15) is 5.75 Å². The molecule has 0 amide bonds. The minimum atomic E-state index is -0.0403. The van der Waals surface area contributed by atoms with Gasteiger partial charge in [-0.3, -0.25) is 4.98 Å². The predicted octanol–water partition coefficient (Wildman–Crippen LogP) is 3.35. The summed E-state index contributed by atoms with van der Waals surface area (Å²) in [5.41, 5.74) is 2.66. The molecule has 0 bridgehead atoms. The van der Waals surface area contributed by atoms with Crippen molar-refractivity contribution in [1.29, 1.82) is 0 Å². The van der Waals surface area contributed by atoms with Crippen LogP contribution in [-0.2, 0) is 13.2 Å². The number of ether oxygens (including phenoxy) is 1. The summed E-state index contributed by atoms with van der Waals surface area (Å²) in [6, 6.07) is 9.61. The number of aliphatic hydroxyl groups excluding tert-OH is 1. The fourth-order valence-corrected chi connectivity index (χ4v) is 2.05. The molecule has 2 aromatic rings. The van der Waals surface area contributed by atoms with Crippen LogP contribution in [0.15, 0.2) is 41.0 Å². The first kappa shape index (κ1) is 14.8. The van der Waals surface area contributed by atoms with Crippen molar-refractivity contribution in [3.05, 3.63) is 52.3 Å². The number of nitrogens with one attached hydrogen (secondary N) is 1. The minimum absolute atomic E-state index is 0.0403. The molecular weight excluding hydrogens is 320 g/mol. The first-order valence-corrected chi connectivity index (χ1v) is 7.23. The average Bonchev–Trinajstić information content (AvgIpc) is 2.48. The van der Waals surface area contributed by atoms with E-state index in [4.69, 9.17) is 4.74 Å². The van der Waals surface area contributed by atoms with Gasteiger partial charge in [0, 0.05) is 21.9 Å². The Morgan fingerprint density at radius 3 is 2.80 bits per heavy atom. The van der Waals surface area contributed by atoms with Gasteiger partial charge in [-0.25, -0.2) is 0 Å². The summed E-state index contributed by atoms with van der Waals surface area (Å²) < 4.78 is 6.42. The zero-order chi connectivity index (χ0) is 14.4. The number of hydrogen-bond donors (Lipinski definition) is 2. The van der Waals surface area contributed by atoms with Gasteiger partial charge in [0.15, 0.2) is 0 Å². The summed E-state index contributed by atoms with van der Waals surface area (Å²) in [6.45, 7) is 3.10. The fraction of sp³-hybridized carbons (Fsp3) is 0.267. The third-order valence-corrected chi connectivity index (χ3v) is 3.26. The van der Waals surface area contributed by atoms with Crippen LogP contribution >= 0.6 is 15.9 Å². The summed E-state index contributed by atoms with van der Waals surface area (Å²) in [5, 5.41) is 12.6. The number of aromatic nitrogens is 1. The van der Waals surface area contributed by atoms with E-state index in [0.717, 1.165) is 27.2 Å². The smallest absolute Gasteiger partial charge is 0.124 e. The molecule has 0 unspecified atom stereocenters. The molecular formula is C15H17BrN2O2. The number of nitrogens with zero attached hydrogens (tertiary/aromatic N) is 1. The normalized spacial score (nSPS) is 10.3. The third kappa shape index (κ3) is 3.95. The second-order valence-electron chi connectivity index (χ2n) is 4.23. The Bertz CT molecular complexity index is 558. The van der Waals surface area contributed by atoms with Crippen LogP contribution in [-0.4, -0.2) is 16.7 Å². The van der Waals surface area contributed by atoms with Crippen molar-refractivity contribution in [3.8, 4) is 5.75 Å². The Morgan fingerprint density at radius 2 is 2.15 bits per heavy atom. The fourth-order valence-electron chi connectivity index (χ4n) is 1.81. The van der Waals surface area contributed by atoms with Crippen molar-refractivity contribution < 1.29 is 9.84 Å². The average molecular weight is 337 g/mol. The van der Waals surface area contributed by atoms with Crippen LogP contribution in [0.5, 0.6) is 5.75 Å². The Balaban J connectivity index is 2.04. The van der Waals surface area contributed by atoms with Crippen LogP contribution in [0, 0.1) is 0 Å². The Kier molecular flexibility index (Phi) is 5.38. The maximum absolute atomic E-state index is 9.36. The summed E-state index contributed by atoms with van der Waals surface area (Å²) in [5.74, 6) is 0.724. The van der Waals surface area contributed by atoms with E-state index < -0.39 is 0 Å². The molecule has 2 N–H and O–H groups in total. The first-order chi connectivity index (χ1) is 9.72. The van der Waals surface area contributed by atoms with E-state index in [9.17, 15) is 5.11 Å². The Hall–Kier alpha value is -1.59. The second kappa shape index (κ2) is 7.26. The van der Waals surface area contributed by atoms with E-state index in [1.807, 2.05) is 37.3 Å². The summed E-state index contributed by atoms with van der Waals surface area (Å²) >= 11 is 3.36. The van der Waals surface area contributed by atoms with Crippen molar-refractivity contribution >= 4 is 21.6 Å². The number of pyridine rings is 1. The van der Waals surface area contributed by atoms with E-state index in [1.54, 1.807) is 6.20 Å². The lowest BCUT2D eigenvalue weighted by atomic mass is 10.2. The monoisotopic (exact) mass is 336 g/mol. The van der Waals surface area contributed by atoms with Crippen LogP contribution in [0.1, 0.15) is 18.2 Å². The molecule has 1 aromatic heterocycles. The van der Waals surface area contributed by atoms with Crippen LogP contribution in [0.2, 0.25) is 0 Å². The van der Waals surface area contributed by atoms with Gasteiger partial charge in [-0.1, -0.05) is 0 Å². The number of rotatable bonds is 6. The highest BCUT2D eigenvalue weighted by Crippen LogP contribution is 2.23. The number of halogens is 1. The van der Waals surface area contributed by atoms with Crippen molar-refractivity contribution in [2.75, 3.05) is 11.9 Å². The zero-order valence-electron chi connectivity index (χ0n) is 11.3. The maximum atomic E-state index is 9.36. The standard InChI is InChI=1S/C15H17BrN2O2/c1-2-20-15-6-5-13(7-11(15)10-19)18-9-14-4-3-12(16)8-17-14/h3-8,18-19H,2,9-10H2,1H3. The van der Waals surface area contributed by atoms with E-state index in [1.165, 1.54) is 0 Å². The highest BCUT2D eigenvalue weighted by molar-refractivity contribution is 9.10. The molecule has 2 rings (SSSR count). The van der Waals surface area contributed by atoms with Gasteiger partial charge >= 0.3 is 0 Å². The predicted molar refractivity (Wildman–Crippen MR) is 82.8 cm³/mol. The van der Waals surface area contributed by atoms with Crippen molar-refractivity contribution in [3.63, 3.8) is 0 Å².